The number of carbonyl (C=O) groups is 1. The highest BCUT2D eigenvalue weighted by Crippen LogP contribution is 2.30. The third kappa shape index (κ3) is 5.84. The predicted octanol–water partition coefficient (Wildman–Crippen LogP) is 4.21. The summed E-state index contributed by atoms with van der Waals surface area (Å²) >= 11 is 6.08. The number of rotatable bonds is 9. The van der Waals surface area contributed by atoms with Gasteiger partial charge >= 0.3 is 0 Å². The van der Waals surface area contributed by atoms with Crippen molar-refractivity contribution in [1.82, 2.24) is 4.31 Å². The first-order valence-electron chi connectivity index (χ1n) is 10.0. The van der Waals surface area contributed by atoms with Crippen LogP contribution in [0.5, 0.6) is 11.5 Å². The summed E-state index contributed by atoms with van der Waals surface area (Å²) in [6, 6.07) is 20.3. The second-order valence-electron chi connectivity index (χ2n) is 7.20. The summed E-state index contributed by atoms with van der Waals surface area (Å²) in [5, 5.41) is 0.246. The molecule has 7 nitrogen and oxygen atoms in total. The van der Waals surface area contributed by atoms with E-state index in [1.807, 2.05) is 18.2 Å². The third-order valence-electron chi connectivity index (χ3n) is 5.09. The highest BCUT2D eigenvalue weighted by atomic mass is 35.5. The van der Waals surface area contributed by atoms with Crippen LogP contribution in [0.1, 0.15) is 5.56 Å². The molecule has 174 valence electrons. The standard InChI is InChI=1S/C24H25ClN2O5S/c1-26(20-10-12-21(31-2)13-11-20)24(28)17-27(16-18-7-5-4-6-8-18)33(29,30)23-15-19(25)9-14-22(23)32-3/h4-15H,16-17H2,1-3H3. The maximum atomic E-state index is 13.6. The summed E-state index contributed by atoms with van der Waals surface area (Å²) in [4.78, 5) is 14.4. The van der Waals surface area contributed by atoms with E-state index in [9.17, 15) is 13.2 Å². The van der Waals surface area contributed by atoms with Crippen LogP contribution >= 0.6 is 11.6 Å². The lowest BCUT2D eigenvalue weighted by atomic mass is 10.2. The monoisotopic (exact) mass is 488 g/mol. The number of ether oxygens (including phenoxy) is 2. The number of benzene rings is 3. The minimum absolute atomic E-state index is 0.00103. The lowest BCUT2D eigenvalue weighted by molar-refractivity contribution is -0.118. The first kappa shape index (κ1) is 24.6. The van der Waals surface area contributed by atoms with Gasteiger partial charge in [-0.15, -0.1) is 0 Å². The van der Waals surface area contributed by atoms with Crippen molar-refractivity contribution >= 4 is 33.2 Å². The predicted molar refractivity (Wildman–Crippen MR) is 128 cm³/mol. The molecule has 0 aliphatic heterocycles. The minimum atomic E-state index is -4.13. The SMILES string of the molecule is COc1ccc(N(C)C(=O)CN(Cc2ccccc2)S(=O)(=O)c2cc(Cl)ccc2OC)cc1. The van der Waals surface area contributed by atoms with Gasteiger partial charge in [-0.25, -0.2) is 8.42 Å². The van der Waals surface area contributed by atoms with Crippen LogP contribution in [0.2, 0.25) is 5.02 Å². The van der Waals surface area contributed by atoms with Crippen LogP contribution < -0.4 is 14.4 Å². The van der Waals surface area contributed by atoms with E-state index in [0.717, 1.165) is 9.87 Å². The lowest BCUT2D eigenvalue weighted by Crippen LogP contribution is -2.41. The fourth-order valence-electron chi connectivity index (χ4n) is 3.21. The van der Waals surface area contributed by atoms with Crippen molar-refractivity contribution in [3.8, 4) is 11.5 Å². The molecule has 3 aromatic carbocycles. The fraction of sp³-hybridized carbons (Fsp3) is 0.208. The van der Waals surface area contributed by atoms with Crippen molar-refractivity contribution in [1.29, 1.82) is 0 Å². The van der Waals surface area contributed by atoms with Gasteiger partial charge in [0, 0.05) is 24.3 Å². The molecular weight excluding hydrogens is 464 g/mol. The zero-order valence-corrected chi connectivity index (χ0v) is 20.1. The van der Waals surface area contributed by atoms with E-state index >= 15 is 0 Å². The van der Waals surface area contributed by atoms with Crippen molar-refractivity contribution in [3.05, 3.63) is 83.4 Å². The van der Waals surface area contributed by atoms with Crippen LogP contribution in [0.4, 0.5) is 5.69 Å². The van der Waals surface area contributed by atoms with Crippen LogP contribution in [0.25, 0.3) is 0 Å². The molecule has 0 atom stereocenters. The van der Waals surface area contributed by atoms with Gasteiger partial charge in [-0.3, -0.25) is 4.79 Å². The molecule has 9 heteroatoms. The maximum absolute atomic E-state index is 13.6. The second kappa shape index (κ2) is 10.7. The van der Waals surface area contributed by atoms with Crippen molar-refractivity contribution < 1.29 is 22.7 Å². The number of carbonyl (C=O) groups excluding carboxylic acids is 1. The van der Waals surface area contributed by atoms with E-state index in [2.05, 4.69) is 0 Å². The Hall–Kier alpha value is -3.07. The van der Waals surface area contributed by atoms with Gasteiger partial charge in [0.2, 0.25) is 15.9 Å². The van der Waals surface area contributed by atoms with E-state index < -0.39 is 15.9 Å². The molecule has 0 unspecified atom stereocenters. The van der Waals surface area contributed by atoms with Gasteiger partial charge in [-0.05, 0) is 48.0 Å². The quantitative estimate of drug-likeness (QED) is 0.451. The summed E-state index contributed by atoms with van der Waals surface area (Å²) < 4.78 is 38.8. The van der Waals surface area contributed by atoms with E-state index in [1.165, 1.54) is 24.1 Å². The first-order valence-corrected chi connectivity index (χ1v) is 11.9. The molecule has 0 saturated heterocycles. The first-order chi connectivity index (χ1) is 15.8. The molecule has 0 aliphatic rings. The molecule has 0 radical (unpaired) electrons. The van der Waals surface area contributed by atoms with Gasteiger partial charge in [-0.2, -0.15) is 4.31 Å². The van der Waals surface area contributed by atoms with Gasteiger partial charge in [-0.1, -0.05) is 41.9 Å². The number of likely N-dealkylation sites (N-methyl/N-ethyl adjacent to an activating group) is 1. The molecule has 1 amide bonds. The molecule has 0 heterocycles. The third-order valence-corrected chi connectivity index (χ3v) is 7.14. The number of methoxy groups -OCH3 is 2. The molecule has 0 fully saturated rings. The molecule has 0 aromatic heterocycles. The van der Waals surface area contributed by atoms with Gasteiger partial charge in [0.05, 0.1) is 20.8 Å². The minimum Gasteiger partial charge on any atom is -0.497 e. The number of sulfonamides is 1. The average Bonchev–Trinajstić information content (AvgIpc) is 2.83. The topological polar surface area (TPSA) is 76.2 Å². The van der Waals surface area contributed by atoms with E-state index in [4.69, 9.17) is 21.1 Å². The Morgan fingerprint density at radius 2 is 1.61 bits per heavy atom. The molecule has 0 spiro atoms. The number of anilines is 1. The van der Waals surface area contributed by atoms with Gasteiger partial charge in [0.1, 0.15) is 16.4 Å². The summed E-state index contributed by atoms with van der Waals surface area (Å²) in [5.74, 6) is 0.398. The van der Waals surface area contributed by atoms with Crippen LogP contribution in [-0.2, 0) is 21.4 Å². The van der Waals surface area contributed by atoms with E-state index in [1.54, 1.807) is 56.6 Å². The Morgan fingerprint density at radius 3 is 2.21 bits per heavy atom. The fourth-order valence-corrected chi connectivity index (χ4v) is 5.01. The zero-order chi connectivity index (χ0) is 24.0. The Balaban J connectivity index is 1.95. The molecule has 3 aromatic rings. The summed E-state index contributed by atoms with van der Waals surface area (Å²) in [5.41, 5.74) is 1.35. The molecule has 0 N–H and O–H groups in total. The van der Waals surface area contributed by atoms with E-state index in [0.29, 0.717) is 11.4 Å². The Bertz CT molecular complexity index is 1200. The summed E-state index contributed by atoms with van der Waals surface area (Å²) in [6.45, 7) is -0.379. The molecule has 33 heavy (non-hydrogen) atoms. The number of hydrogen-bond acceptors (Lipinski definition) is 5. The smallest absolute Gasteiger partial charge is 0.247 e. The number of amides is 1. The van der Waals surface area contributed by atoms with Crippen molar-refractivity contribution in [2.45, 2.75) is 11.4 Å². The second-order valence-corrected chi connectivity index (χ2v) is 9.55. The van der Waals surface area contributed by atoms with Crippen LogP contribution in [-0.4, -0.2) is 46.4 Å². The number of halogens is 1. The summed E-state index contributed by atoms with van der Waals surface area (Å²) in [7, 11) is 0.402. The van der Waals surface area contributed by atoms with Gasteiger partial charge < -0.3 is 14.4 Å². The summed E-state index contributed by atoms with van der Waals surface area (Å²) in [6.07, 6.45) is 0. The highest BCUT2D eigenvalue weighted by Gasteiger charge is 2.31. The van der Waals surface area contributed by atoms with Crippen LogP contribution in [0.15, 0.2) is 77.7 Å². The number of hydrogen-bond donors (Lipinski definition) is 0. The van der Waals surface area contributed by atoms with Crippen molar-refractivity contribution in [2.24, 2.45) is 0 Å². The maximum Gasteiger partial charge on any atom is 0.247 e. The average molecular weight is 489 g/mol. The van der Waals surface area contributed by atoms with Gasteiger partial charge in [0.15, 0.2) is 0 Å². The molecule has 0 bridgehead atoms. The lowest BCUT2D eigenvalue weighted by Gasteiger charge is -2.26. The molecular formula is C24H25ClN2O5S. The number of nitrogens with zero attached hydrogens (tertiary/aromatic N) is 2. The largest absolute Gasteiger partial charge is 0.497 e. The van der Waals surface area contributed by atoms with Crippen LogP contribution in [0.3, 0.4) is 0 Å². The Kier molecular flexibility index (Phi) is 7.97. The van der Waals surface area contributed by atoms with Crippen molar-refractivity contribution in [3.63, 3.8) is 0 Å². The molecule has 3 rings (SSSR count). The van der Waals surface area contributed by atoms with Crippen LogP contribution in [0, 0.1) is 0 Å². The molecule has 0 aliphatic carbocycles. The Morgan fingerprint density at radius 1 is 0.939 bits per heavy atom. The molecule has 0 saturated carbocycles. The highest BCUT2D eigenvalue weighted by molar-refractivity contribution is 7.89. The Labute approximate surface area is 199 Å². The zero-order valence-electron chi connectivity index (χ0n) is 18.6. The van der Waals surface area contributed by atoms with Gasteiger partial charge in [0.25, 0.3) is 0 Å². The van der Waals surface area contributed by atoms with E-state index in [-0.39, 0.29) is 28.8 Å². The van der Waals surface area contributed by atoms with Crippen molar-refractivity contribution in [2.75, 3.05) is 32.7 Å². The normalized spacial score (nSPS) is 11.3.